The van der Waals surface area contributed by atoms with Gasteiger partial charge < -0.3 is 5.11 Å². The van der Waals surface area contributed by atoms with Crippen LogP contribution in [0.25, 0.3) is 0 Å². The van der Waals surface area contributed by atoms with E-state index in [4.69, 9.17) is 5.11 Å². The number of hydrogen-bond donors (Lipinski definition) is 2. The van der Waals surface area contributed by atoms with Gasteiger partial charge >= 0.3 is 21.5 Å². The van der Waals surface area contributed by atoms with Gasteiger partial charge in [0.2, 0.25) is 0 Å². The monoisotopic (exact) mass is 249 g/mol. The summed E-state index contributed by atoms with van der Waals surface area (Å²) in [6.07, 6.45) is 0.0436. The molecule has 0 saturated heterocycles. The average Bonchev–Trinajstić information content (AvgIpc) is 2.00. The molecule has 0 rings (SSSR count). The molecule has 0 heterocycles. The molecule has 0 aromatic rings. The standard InChI is InChI=1S/C6H10F3NO4S/c1-2-3-4(5(11)12)10-15(13,14)6(7,8)9/h4,10H,2-3H2,1H3,(H,11,12)/t4-/m1/s1. The molecule has 0 spiro atoms. The van der Waals surface area contributed by atoms with Crippen LogP contribution in [-0.4, -0.2) is 31.0 Å². The topological polar surface area (TPSA) is 83.5 Å². The van der Waals surface area contributed by atoms with Crippen LogP contribution in [0.4, 0.5) is 13.2 Å². The van der Waals surface area contributed by atoms with E-state index in [1.807, 2.05) is 0 Å². The van der Waals surface area contributed by atoms with E-state index in [1.54, 1.807) is 0 Å². The van der Waals surface area contributed by atoms with E-state index < -0.39 is 27.5 Å². The molecule has 0 aliphatic carbocycles. The molecule has 9 heteroatoms. The van der Waals surface area contributed by atoms with Gasteiger partial charge in [-0.3, -0.25) is 4.79 Å². The lowest BCUT2D eigenvalue weighted by molar-refractivity contribution is -0.139. The molecule has 0 saturated carbocycles. The molecular formula is C6H10F3NO4S. The zero-order chi connectivity index (χ0) is 12.3. The van der Waals surface area contributed by atoms with E-state index in [9.17, 15) is 26.4 Å². The number of carboxylic acid groups (broad SMARTS) is 1. The maximum absolute atomic E-state index is 11.9. The van der Waals surface area contributed by atoms with Crippen molar-refractivity contribution in [2.24, 2.45) is 0 Å². The first kappa shape index (κ1) is 14.2. The van der Waals surface area contributed by atoms with E-state index in [2.05, 4.69) is 0 Å². The van der Waals surface area contributed by atoms with E-state index in [0.29, 0.717) is 0 Å². The van der Waals surface area contributed by atoms with Gasteiger partial charge in [0.1, 0.15) is 6.04 Å². The summed E-state index contributed by atoms with van der Waals surface area (Å²) in [6.45, 7) is 1.53. The molecular weight excluding hydrogens is 239 g/mol. The van der Waals surface area contributed by atoms with Crippen LogP contribution >= 0.6 is 0 Å². The van der Waals surface area contributed by atoms with Crippen molar-refractivity contribution in [2.45, 2.75) is 31.3 Å². The molecule has 5 nitrogen and oxygen atoms in total. The largest absolute Gasteiger partial charge is 0.511 e. The number of carboxylic acids is 1. The van der Waals surface area contributed by atoms with Crippen molar-refractivity contribution in [3.63, 3.8) is 0 Å². The number of hydrogen-bond acceptors (Lipinski definition) is 3. The molecule has 90 valence electrons. The van der Waals surface area contributed by atoms with Crippen LogP contribution in [0.5, 0.6) is 0 Å². The summed E-state index contributed by atoms with van der Waals surface area (Å²) in [5.41, 5.74) is -5.49. The molecule has 0 aliphatic rings. The van der Waals surface area contributed by atoms with Gasteiger partial charge in [-0.1, -0.05) is 13.3 Å². The van der Waals surface area contributed by atoms with Crippen LogP contribution in [-0.2, 0) is 14.8 Å². The maximum atomic E-state index is 11.9. The van der Waals surface area contributed by atoms with Gasteiger partial charge in [-0.25, -0.2) is 8.42 Å². The second-order valence-corrected chi connectivity index (χ2v) is 4.45. The van der Waals surface area contributed by atoms with Crippen LogP contribution in [0.3, 0.4) is 0 Å². The van der Waals surface area contributed by atoms with Gasteiger partial charge in [0.05, 0.1) is 0 Å². The Morgan fingerprint density at radius 3 is 2.20 bits per heavy atom. The molecule has 0 bridgehead atoms. The molecule has 0 aromatic heterocycles. The summed E-state index contributed by atoms with van der Waals surface area (Å²) >= 11 is 0. The third kappa shape index (κ3) is 4.04. The fourth-order valence-electron chi connectivity index (χ4n) is 0.776. The Hall–Kier alpha value is -0.830. The summed E-state index contributed by atoms with van der Waals surface area (Å²) in [5.74, 6) is -1.63. The van der Waals surface area contributed by atoms with Crippen LogP contribution in [0, 0.1) is 0 Å². The Morgan fingerprint density at radius 1 is 1.47 bits per heavy atom. The predicted octanol–water partition coefficient (Wildman–Crippen LogP) is 0.679. The highest BCUT2D eigenvalue weighted by Gasteiger charge is 2.47. The minimum absolute atomic E-state index is 0.204. The quantitative estimate of drug-likeness (QED) is 0.750. The van der Waals surface area contributed by atoms with Gasteiger partial charge in [-0.05, 0) is 6.42 Å². The second kappa shape index (κ2) is 4.79. The number of sulfonamides is 1. The molecule has 0 amide bonds. The second-order valence-electron chi connectivity index (χ2n) is 2.75. The van der Waals surface area contributed by atoms with E-state index >= 15 is 0 Å². The minimum atomic E-state index is -5.60. The van der Waals surface area contributed by atoms with Crippen molar-refractivity contribution < 1.29 is 31.5 Å². The van der Waals surface area contributed by atoms with E-state index in [1.165, 1.54) is 6.92 Å². The highest BCUT2D eigenvalue weighted by molar-refractivity contribution is 7.90. The predicted molar refractivity (Wildman–Crippen MR) is 44.4 cm³/mol. The minimum Gasteiger partial charge on any atom is -0.480 e. The first-order valence-electron chi connectivity index (χ1n) is 3.93. The highest BCUT2D eigenvalue weighted by atomic mass is 32.2. The summed E-state index contributed by atoms with van der Waals surface area (Å²) in [4.78, 5) is 10.4. The summed E-state index contributed by atoms with van der Waals surface area (Å²) in [5, 5.41) is 8.44. The van der Waals surface area contributed by atoms with Gasteiger partial charge in [-0.15, -0.1) is 0 Å². The van der Waals surface area contributed by atoms with Crippen molar-refractivity contribution >= 4 is 16.0 Å². The van der Waals surface area contributed by atoms with Crippen molar-refractivity contribution in [2.75, 3.05) is 0 Å². The van der Waals surface area contributed by atoms with Gasteiger partial charge in [-0.2, -0.15) is 17.9 Å². The van der Waals surface area contributed by atoms with Gasteiger partial charge in [0.25, 0.3) is 0 Å². The van der Waals surface area contributed by atoms with Crippen molar-refractivity contribution in [1.29, 1.82) is 0 Å². The first-order chi connectivity index (χ1) is 6.62. The van der Waals surface area contributed by atoms with Crippen molar-refractivity contribution in [1.82, 2.24) is 4.72 Å². The number of halogens is 3. The molecule has 0 aromatic carbocycles. The Kier molecular flexibility index (Phi) is 4.53. The third-order valence-electron chi connectivity index (χ3n) is 1.48. The highest BCUT2D eigenvalue weighted by Crippen LogP contribution is 2.22. The lowest BCUT2D eigenvalue weighted by Crippen LogP contribution is -2.46. The number of carbonyl (C=O) groups is 1. The fourth-order valence-corrected chi connectivity index (χ4v) is 1.50. The van der Waals surface area contributed by atoms with Crippen molar-refractivity contribution in [3.05, 3.63) is 0 Å². The summed E-state index contributed by atoms with van der Waals surface area (Å²) in [6, 6.07) is -1.75. The normalized spacial score (nSPS) is 14.9. The number of alkyl halides is 3. The number of nitrogens with one attached hydrogen (secondary N) is 1. The van der Waals surface area contributed by atoms with Gasteiger partial charge in [0, 0.05) is 0 Å². The number of rotatable bonds is 5. The van der Waals surface area contributed by atoms with Crippen molar-refractivity contribution in [3.8, 4) is 0 Å². The fraction of sp³-hybridized carbons (Fsp3) is 0.833. The van der Waals surface area contributed by atoms with E-state index in [0.717, 1.165) is 4.72 Å². The molecule has 15 heavy (non-hydrogen) atoms. The van der Waals surface area contributed by atoms with Crippen LogP contribution in [0.2, 0.25) is 0 Å². The Labute approximate surface area is 84.3 Å². The zero-order valence-corrected chi connectivity index (χ0v) is 8.52. The van der Waals surface area contributed by atoms with Crippen LogP contribution in [0.1, 0.15) is 19.8 Å². The Balaban J connectivity index is 4.76. The lowest BCUT2D eigenvalue weighted by atomic mass is 10.2. The zero-order valence-electron chi connectivity index (χ0n) is 7.71. The molecule has 0 radical (unpaired) electrons. The molecule has 0 unspecified atom stereocenters. The lowest BCUT2D eigenvalue weighted by Gasteiger charge is -2.15. The number of aliphatic carboxylic acids is 1. The first-order valence-corrected chi connectivity index (χ1v) is 5.41. The third-order valence-corrected chi connectivity index (χ3v) is 2.68. The molecule has 1 atom stereocenters. The summed E-state index contributed by atoms with van der Waals surface area (Å²) in [7, 11) is -5.60. The van der Waals surface area contributed by atoms with Crippen LogP contribution in [0.15, 0.2) is 0 Å². The SMILES string of the molecule is CCC[C@@H](NS(=O)(=O)C(F)(F)F)C(=O)O. The molecule has 2 N–H and O–H groups in total. The average molecular weight is 249 g/mol. The summed E-state index contributed by atoms with van der Waals surface area (Å²) < 4.78 is 57.7. The maximum Gasteiger partial charge on any atom is 0.511 e. The van der Waals surface area contributed by atoms with Crippen LogP contribution < -0.4 is 4.72 Å². The Morgan fingerprint density at radius 2 is 1.93 bits per heavy atom. The van der Waals surface area contributed by atoms with Gasteiger partial charge in [0.15, 0.2) is 0 Å². The molecule has 0 fully saturated rings. The van der Waals surface area contributed by atoms with E-state index in [-0.39, 0.29) is 12.8 Å². The Bertz CT molecular complexity index is 324. The smallest absolute Gasteiger partial charge is 0.480 e. The molecule has 0 aliphatic heterocycles.